The highest BCUT2D eigenvalue weighted by molar-refractivity contribution is 7.71. The number of nitrogens with zero attached hydrogens (tertiary/aromatic N) is 3. The van der Waals surface area contributed by atoms with E-state index >= 15 is 0 Å². The third kappa shape index (κ3) is 2.85. The molecule has 6 nitrogen and oxygen atoms in total. The van der Waals surface area contributed by atoms with E-state index in [0.717, 1.165) is 6.42 Å². The second kappa shape index (κ2) is 6.46. The lowest BCUT2D eigenvalue weighted by molar-refractivity contribution is 0.702. The summed E-state index contributed by atoms with van der Waals surface area (Å²) in [6, 6.07) is 0. The van der Waals surface area contributed by atoms with Gasteiger partial charge in [-0.2, -0.15) is 0 Å². The molecular formula is C11H19N5OS. The molecule has 0 fully saturated rings. The first-order valence-corrected chi connectivity index (χ1v) is 6.18. The number of anilines is 1. The van der Waals surface area contributed by atoms with E-state index in [2.05, 4.69) is 10.3 Å². The highest BCUT2D eigenvalue weighted by atomic mass is 32.1. The largest absolute Gasteiger partial charge is 0.380 e. The van der Waals surface area contributed by atoms with Crippen LogP contribution in [0.15, 0.2) is 9.79 Å². The summed E-state index contributed by atoms with van der Waals surface area (Å²) >= 11 is 5.27. The van der Waals surface area contributed by atoms with E-state index in [4.69, 9.17) is 18.0 Å². The van der Waals surface area contributed by atoms with Crippen LogP contribution in [0.4, 0.5) is 11.5 Å². The molecule has 18 heavy (non-hydrogen) atoms. The Balaban J connectivity index is 3.37. The minimum Gasteiger partial charge on any atom is -0.380 e. The molecule has 0 unspecified atom stereocenters. The van der Waals surface area contributed by atoms with Crippen LogP contribution in [0.2, 0.25) is 0 Å². The lowest BCUT2D eigenvalue weighted by Gasteiger charge is -2.14. The molecule has 1 rings (SSSR count). The van der Waals surface area contributed by atoms with E-state index in [1.54, 1.807) is 27.2 Å². The number of hydrogen-bond donors (Lipinski definition) is 2. The van der Waals surface area contributed by atoms with Crippen LogP contribution in [0.25, 0.3) is 0 Å². The van der Waals surface area contributed by atoms with Crippen molar-refractivity contribution in [2.45, 2.75) is 13.3 Å². The fourth-order valence-corrected chi connectivity index (χ4v) is 1.82. The molecule has 0 saturated carbocycles. The van der Waals surface area contributed by atoms with Crippen molar-refractivity contribution in [2.75, 3.05) is 18.4 Å². The van der Waals surface area contributed by atoms with E-state index in [-0.39, 0.29) is 5.69 Å². The molecule has 0 saturated heterocycles. The predicted octanol–water partition coefficient (Wildman–Crippen LogP) is 0.936. The van der Waals surface area contributed by atoms with Crippen molar-refractivity contribution < 1.29 is 0 Å². The summed E-state index contributed by atoms with van der Waals surface area (Å²) in [5.74, 6) is 0.544. The molecule has 0 aliphatic rings. The van der Waals surface area contributed by atoms with Gasteiger partial charge in [-0.15, -0.1) is 0 Å². The Labute approximate surface area is 111 Å². The second-order valence-corrected chi connectivity index (χ2v) is 4.25. The topological polar surface area (TPSA) is 77.3 Å². The van der Waals surface area contributed by atoms with Gasteiger partial charge in [0.2, 0.25) is 0 Å². The summed E-state index contributed by atoms with van der Waals surface area (Å²) in [5, 5.41) is 3.20. The summed E-state index contributed by atoms with van der Waals surface area (Å²) in [6.07, 6.45) is 2.47. The maximum absolute atomic E-state index is 11.9. The molecule has 0 atom stereocenters. The number of hydrogen-bond acceptors (Lipinski definition) is 5. The predicted molar refractivity (Wildman–Crippen MR) is 77.5 cm³/mol. The van der Waals surface area contributed by atoms with Gasteiger partial charge in [-0.05, 0) is 19.9 Å². The Morgan fingerprint density at radius 1 is 1.44 bits per heavy atom. The molecule has 0 aromatic carbocycles. The van der Waals surface area contributed by atoms with Crippen LogP contribution < -0.4 is 16.7 Å². The molecule has 3 N–H and O–H groups in total. The maximum Gasteiger partial charge on any atom is 0.330 e. The van der Waals surface area contributed by atoms with E-state index in [0.29, 0.717) is 29.2 Å². The SMILES string of the molecule is CC=Nc1c(NCCCN)c(=S)n(C)c(=O)n1C. The fourth-order valence-electron chi connectivity index (χ4n) is 1.58. The fraction of sp³-hybridized carbons (Fsp3) is 0.545. The van der Waals surface area contributed by atoms with Crippen LogP contribution in [-0.4, -0.2) is 28.4 Å². The van der Waals surface area contributed by atoms with Crippen molar-refractivity contribution in [3.05, 3.63) is 15.1 Å². The molecule has 100 valence electrons. The summed E-state index contributed by atoms with van der Waals surface area (Å²) < 4.78 is 3.35. The van der Waals surface area contributed by atoms with Gasteiger partial charge in [0.05, 0.1) is 0 Å². The molecule has 1 aromatic heterocycles. The highest BCUT2D eigenvalue weighted by Gasteiger charge is 2.11. The van der Waals surface area contributed by atoms with Gasteiger partial charge in [0.1, 0.15) is 10.3 Å². The van der Waals surface area contributed by atoms with Crippen LogP contribution in [0.5, 0.6) is 0 Å². The first-order valence-electron chi connectivity index (χ1n) is 5.77. The average molecular weight is 269 g/mol. The third-order valence-electron chi connectivity index (χ3n) is 2.57. The quantitative estimate of drug-likeness (QED) is 0.474. The first kappa shape index (κ1) is 14.6. The van der Waals surface area contributed by atoms with E-state index in [9.17, 15) is 4.79 Å². The molecule has 0 bridgehead atoms. The van der Waals surface area contributed by atoms with E-state index < -0.39 is 0 Å². The normalized spacial score (nSPS) is 11.1. The zero-order chi connectivity index (χ0) is 13.7. The summed E-state index contributed by atoms with van der Waals surface area (Å²) in [4.78, 5) is 16.1. The van der Waals surface area contributed by atoms with Gasteiger partial charge in [-0.3, -0.25) is 9.13 Å². The Morgan fingerprint density at radius 2 is 2.11 bits per heavy atom. The Morgan fingerprint density at radius 3 is 2.67 bits per heavy atom. The smallest absolute Gasteiger partial charge is 0.330 e. The molecule has 0 radical (unpaired) electrons. The van der Waals surface area contributed by atoms with E-state index in [1.807, 2.05) is 0 Å². The van der Waals surface area contributed by atoms with Gasteiger partial charge < -0.3 is 11.1 Å². The summed E-state index contributed by atoms with van der Waals surface area (Å²) in [6.45, 7) is 3.10. The monoisotopic (exact) mass is 269 g/mol. The van der Waals surface area contributed by atoms with Gasteiger partial charge in [-0.1, -0.05) is 12.2 Å². The number of aromatic nitrogens is 2. The van der Waals surface area contributed by atoms with Gasteiger partial charge in [0.25, 0.3) is 0 Å². The van der Waals surface area contributed by atoms with Gasteiger partial charge in [-0.25, -0.2) is 9.79 Å². The minimum atomic E-state index is -0.190. The van der Waals surface area contributed by atoms with Crippen molar-refractivity contribution >= 4 is 29.9 Å². The van der Waals surface area contributed by atoms with Gasteiger partial charge in [0, 0.05) is 26.9 Å². The second-order valence-electron chi connectivity index (χ2n) is 3.86. The summed E-state index contributed by atoms with van der Waals surface area (Å²) in [5.41, 5.74) is 5.96. The van der Waals surface area contributed by atoms with Crippen molar-refractivity contribution in [1.82, 2.24) is 9.13 Å². The van der Waals surface area contributed by atoms with Gasteiger partial charge >= 0.3 is 5.69 Å². The van der Waals surface area contributed by atoms with Crippen LogP contribution in [0, 0.1) is 4.64 Å². The van der Waals surface area contributed by atoms with Crippen LogP contribution in [0.3, 0.4) is 0 Å². The number of nitrogens with two attached hydrogens (primary N) is 1. The van der Waals surface area contributed by atoms with E-state index in [1.165, 1.54) is 9.13 Å². The first-order chi connectivity index (χ1) is 8.54. The van der Waals surface area contributed by atoms with Crippen LogP contribution >= 0.6 is 12.2 Å². The third-order valence-corrected chi connectivity index (χ3v) is 3.05. The lowest BCUT2D eigenvalue weighted by atomic mass is 10.4. The highest BCUT2D eigenvalue weighted by Crippen LogP contribution is 2.23. The summed E-state index contributed by atoms with van der Waals surface area (Å²) in [7, 11) is 3.33. The minimum absolute atomic E-state index is 0.190. The zero-order valence-electron chi connectivity index (χ0n) is 10.9. The number of aliphatic imine (C=N–C) groups is 1. The number of rotatable bonds is 5. The average Bonchev–Trinajstić information content (AvgIpc) is 2.37. The molecule has 0 spiro atoms. The van der Waals surface area contributed by atoms with Crippen LogP contribution in [0.1, 0.15) is 13.3 Å². The Kier molecular flexibility index (Phi) is 5.24. The molecule has 1 aromatic rings. The molecule has 1 heterocycles. The molecule has 7 heteroatoms. The molecule has 0 aliphatic carbocycles. The van der Waals surface area contributed by atoms with Crippen LogP contribution in [-0.2, 0) is 14.1 Å². The van der Waals surface area contributed by atoms with Crippen molar-refractivity contribution in [3.8, 4) is 0 Å². The lowest BCUT2D eigenvalue weighted by Crippen LogP contribution is -2.28. The standard InChI is InChI=1S/C11H19N5OS/c1-4-13-9-8(14-7-5-6-12)10(18)16(3)11(17)15(9)2/h4,14H,5-7,12H2,1-3H3. The maximum atomic E-state index is 11.9. The van der Waals surface area contributed by atoms with Crippen molar-refractivity contribution in [3.63, 3.8) is 0 Å². The van der Waals surface area contributed by atoms with Crippen molar-refractivity contribution in [2.24, 2.45) is 24.8 Å². The molecular weight excluding hydrogens is 250 g/mol. The van der Waals surface area contributed by atoms with Gasteiger partial charge in [0.15, 0.2) is 5.82 Å². The zero-order valence-corrected chi connectivity index (χ0v) is 11.8. The molecule has 0 amide bonds. The Bertz CT molecular complexity index is 558. The van der Waals surface area contributed by atoms with Crippen molar-refractivity contribution in [1.29, 1.82) is 0 Å². The molecule has 0 aliphatic heterocycles. The number of nitrogens with one attached hydrogen (secondary N) is 1. The Hall–Kier alpha value is -1.47.